The lowest BCUT2D eigenvalue weighted by molar-refractivity contribution is -0.120. The predicted octanol–water partition coefficient (Wildman–Crippen LogP) is 2.28. The Morgan fingerprint density at radius 2 is 2.25 bits per heavy atom. The molecule has 6 heteroatoms. The van der Waals surface area contributed by atoms with Gasteiger partial charge in [-0.25, -0.2) is 0 Å². The van der Waals surface area contributed by atoms with Crippen LogP contribution < -0.4 is 0 Å². The topological polar surface area (TPSA) is 64.8 Å². The molecule has 2 saturated heterocycles. The lowest BCUT2D eigenvalue weighted by Crippen LogP contribution is -2.66. The van der Waals surface area contributed by atoms with Crippen molar-refractivity contribution < 1.29 is 18.8 Å². The van der Waals surface area contributed by atoms with E-state index in [9.17, 15) is 4.79 Å². The monoisotopic (exact) mass is 334 g/mol. The summed E-state index contributed by atoms with van der Waals surface area (Å²) >= 11 is 0. The number of carbonyl (C=O) groups excluding carboxylic acids is 1. The van der Waals surface area contributed by atoms with Crippen LogP contribution >= 0.6 is 0 Å². The van der Waals surface area contributed by atoms with Gasteiger partial charge in [-0.1, -0.05) is 12.1 Å². The van der Waals surface area contributed by atoms with Crippen LogP contribution in [0, 0.1) is 11.8 Å². The van der Waals surface area contributed by atoms with Gasteiger partial charge in [-0.2, -0.15) is 0 Å². The first-order valence-electron chi connectivity index (χ1n) is 9.16. The number of hydrogen-bond donors (Lipinski definition) is 0. The minimum atomic E-state index is -0.151. The second-order valence-electron chi connectivity index (χ2n) is 7.38. The maximum atomic E-state index is 12.6. The summed E-state index contributed by atoms with van der Waals surface area (Å²) in [6.45, 7) is 5.83. The summed E-state index contributed by atoms with van der Waals surface area (Å²) in [5.41, 5.74) is 0.442. The highest BCUT2D eigenvalue weighted by Crippen LogP contribution is 2.42. The molecule has 3 fully saturated rings. The van der Waals surface area contributed by atoms with Crippen LogP contribution in [0.25, 0.3) is 0 Å². The Labute approximate surface area is 142 Å². The third-order valence-electron chi connectivity index (χ3n) is 5.66. The molecule has 1 saturated carbocycles. The number of hydrogen-bond acceptors (Lipinski definition) is 5. The molecule has 0 radical (unpaired) electrons. The third kappa shape index (κ3) is 2.97. The minimum Gasteiger partial charge on any atom is -0.381 e. The molecule has 0 bridgehead atoms. The Bertz CT molecular complexity index is 590. The zero-order valence-electron chi connectivity index (χ0n) is 14.3. The van der Waals surface area contributed by atoms with Crippen molar-refractivity contribution >= 4 is 5.91 Å². The summed E-state index contributed by atoms with van der Waals surface area (Å²) in [5, 5.41) is 3.76. The van der Waals surface area contributed by atoms with Crippen molar-refractivity contribution in [3.8, 4) is 0 Å². The summed E-state index contributed by atoms with van der Waals surface area (Å²) in [6, 6.07) is 0. The zero-order chi connectivity index (χ0) is 16.6. The zero-order valence-corrected chi connectivity index (χ0v) is 14.3. The van der Waals surface area contributed by atoms with Crippen LogP contribution in [0.3, 0.4) is 0 Å². The molecule has 1 spiro atoms. The van der Waals surface area contributed by atoms with Crippen molar-refractivity contribution in [2.24, 2.45) is 11.8 Å². The molecule has 1 aromatic rings. The third-order valence-corrected chi connectivity index (χ3v) is 5.66. The molecular formula is C18H26N2O4. The maximum absolute atomic E-state index is 12.6. The molecule has 3 heterocycles. The van der Waals surface area contributed by atoms with Gasteiger partial charge in [0.1, 0.15) is 16.9 Å². The summed E-state index contributed by atoms with van der Waals surface area (Å²) in [6.07, 6.45) is 6.97. The van der Waals surface area contributed by atoms with E-state index in [0.29, 0.717) is 36.8 Å². The normalized spacial score (nSPS) is 25.2. The fourth-order valence-electron chi connectivity index (χ4n) is 3.91. The molecule has 6 nitrogen and oxygen atoms in total. The van der Waals surface area contributed by atoms with Crippen molar-refractivity contribution in [2.75, 3.05) is 32.9 Å². The Kier molecular flexibility index (Phi) is 4.35. The lowest BCUT2D eigenvalue weighted by atomic mass is 9.79. The minimum absolute atomic E-state index is 0.0120. The molecule has 1 atom stereocenters. The van der Waals surface area contributed by atoms with Crippen LogP contribution in [0.4, 0.5) is 0 Å². The van der Waals surface area contributed by atoms with E-state index in [1.807, 2.05) is 11.8 Å². The molecule has 3 aliphatic rings. The molecule has 0 N–H and O–H groups in total. The highest BCUT2D eigenvalue weighted by molar-refractivity contribution is 5.95. The van der Waals surface area contributed by atoms with Crippen molar-refractivity contribution in [1.29, 1.82) is 0 Å². The molecule has 1 aliphatic carbocycles. The van der Waals surface area contributed by atoms with Gasteiger partial charge in [0.25, 0.3) is 5.91 Å². The van der Waals surface area contributed by atoms with Crippen molar-refractivity contribution in [1.82, 2.24) is 10.1 Å². The molecular weight excluding hydrogens is 308 g/mol. The second-order valence-corrected chi connectivity index (χ2v) is 7.38. The highest BCUT2D eigenvalue weighted by Gasteiger charge is 2.54. The van der Waals surface area contributed by atoms with E-state index in [1.165, 1.54) is 19.0 Å². The fourth-order valence-corrected chi connectivity index (χ4v) is 3.91. The van der Waals surface area contributed by atoms with E-state index < -0.39 is 0 Å². The molecule has 0 unspecified atom stereocenters. The first-order valence-corrected chi connectivity index (χ1v) is 9.16. The average Bonchev–Trinajstić information content (AvgIpc) is 3.10. The van der Waals surface area contributed by atoms with Gasteiger partial charge in [0, 0.05) is 26.2 Å². The standard InChI is InChI=1S/C18H26N2O4/c1-2-16-15(9-19-24-16)17(21)20-11-18(12-20)14(6-8-23-18)5-7-22-10-13-3-4-13/h9,13-14H,2-8,10-12H2,1H3/t14-/m1/s1. The Balaban J connectivity index is 1.29. The number of likely N-dealkylation sites (tertiary alicyclic amines) is 1. The smallest absolute Gasteiger partial charge is 0.259 e. The number of aromatic nitrogens is 1. The quantitative estimate of drug-likeness (QED) is 0.716. The molecule has 0 aromatic carbocycles. The maximum Gasteiger partial charge on any atom is 0.259 e. The summed E-state index contributed by atoms with van der Waals surface area (Å²) in [5.74, 6) is 1.98. The van der Waals surface area contributed by atoms with E-state index in [1.54, 1.807) is 0 Å². The van der Waals surface area contributed by atoms with Crippen LogP contribution in [-0.4, -0.2) is 54.5 Å². The molecule has 1 aromatic heterocycles. The molecule has 132 valence electrons. The van der Waals surface area contributed by atoms with Gasteiger partial charge in [-0.05, 0) is 37.5 Å². The molecule has 24 heavy (non-hydrogen) atoms. The van der Waals surface area contributed by atoms with Crippen LogP contribution in [0.2, 0.25) is 0 Å². The average molecular weight is 334 g/mol. The van der Waals surface area contributed by atoms with Gasteiger partial charge < -0.3 is 18.9 Å². The van der Waals surface area contributed by atoms with Crippen LogP contribution in [-0.2, 0) is 15.9 Å². The number of amides is 1. The van der Waals surface area contributed by atoms with E-state index in [-0.39, 0.29) is 11.5 Å². The fraction of sp³-hybridized carbons (Fsp3) is 0.778. The van der Waals surface area contributed by atoms with Gasteiger partial charge in [-0.3, -0.25) is 4.79 Å². The van der Waals surface area contributed by atoms with Crippen molar-refractivity contribution in [3.05, 3.63) is 17.5 Å². The summed E-state index contributed by atoms with van der Waals surface area (Å²) in [7, 11) is 0. The van der Waals surface area contributed by atoms with E-state index >= 15 is 0 Å². The Morgan fingerprint density at radius 1 is 1.42 bits per heavy atom. The summed E-state index contributed by atoms with van der Waals surface area (Å²) in [4.78, 5) is 14.5. The predicted molar refractivity (Wildman–Crippen MR) is 86.7 cm³/mol. The number of aryl methyl sites for hydroxylation is 1. The van der Waals surface area contributed by atoms with E-state index in [2.05, 4.69) is 5.16 Å². The van der Waals surface area contributed by atoms with Gasteiger partial charge in [0.2, 0.25) is 0 Å². The number of ether oxygens (including phenoxy) is 2. The van der Waals surface area contributed by atoms with Crippen molar-refractivity contribution in [3.63, 3.8) is 0 Å². The van der Waals surface area contributed by atoms with E-state index in [4.69, 9.17) is 14.0 Å². The molecule has 2 aliphatic heterocycles. The number of rotatable bonds is 7. The van der Waals surface area contributed by atoms with Crippen LogP contribution in [0.1, 0.15) is 48.7 Å². The number of carbonyl (C=O) groups is 1. The van der Waals surface area contributed by atoms with Gasteiger partial charge in [0.05, 0.1) is 19.3 Å². The lowest BCUT2D eigenvalue weighted by Gasteiger charge is -2.50. The van der Waals surface area contributed by atoms with Crippen molar-refractivity contribution in [2.45, 2.75) is 44.6 Å². The van der Waals surface area contributed by atoms with Crippen LogP contribution in [0.5, 0.6) is 0 Å². The molecule has 4 rings (SSSR count). The Morgan fingerprint density at radius 3 is 3.00 bits per heavy atom. The SMILES string of the molecule is CCc1oncc1C(=O)N1CC2(C1)OCC[C@H]2CCOCC1CC1. The van der Waals surface area contributed by atoms with Crippen LogP contribution in [0.15, 0.2) is 10.7 Å². The second kappa shape index (κ2) is 6.48. The molecule has 1 amide bonds. The first kappa shape index (κ1) is 16.1. The Hall–Kier alpha value is -1.40. The van der Waals surface area contributed by atoms with Gasteiger partial charge in [0.15, 0.2) is 0 Å². The van der Waals surface area contributed by atoms with Gasteiger partial charge in [-0.15, -0.1) is 0 Å². The van der Waals surface area contributed by atoms with Gasteiger partial charge >= 0.3 is 0 Å². The largest absolute Gasteiger partial charge is 0.381 e. The van der Waals surface area contributed by atoms with E-state index in [0.717, 1.165) is 38.6 Å². The first-order chi connectivity index (χ1) is 11.7. The number of nitrogens with zero attached hydrogens (tertiary/aromatic N) is 2. The highest BCUT2D eigenvalue weighted by atomic mass is 16.5. The summed E-state index contributed by atoms with van der Waals surface area (Å²) < 4.78 is 17.0.